The molecule has 1 saturated carbocycles. The molecule has 0 spiro atoms. The fourth-order valence-corrected chi connectivity index (χ4v) is 5.18. The van der Waals surface area contributed by atoms with Gasteiger partial charge in [0.25, 0.3) is 0 Å². The van der Waals surface area contributed by atoms with Crippen LogP contribution in [-0.2, 0) is 4.79 Å². The van der Waals surface area contributed by atoms with Gasteiger partial charge in [-0.25, -0.2) is 0 Å². The number of carbonyl (C=O) groups is 1. The fraction of sp³-hybridized carbons (Fsp3) is 0.522. The number of benzene rings is 1. The van der Waals surface area contributed by atoms with Crippen molar-refractivity contribution in [2.75, 3.05) is 11.9 Å². The van der Waals surface area contributed by atoms with E-state index in [1.807, 2.05) is 30.3 Å². The van der Waals surface area contributed by atoms with Crippen molar-refractivity contribution < 1.29 is 4.79 Å². The van der Waals surface area contributed by atoms with Gasteiger partial charge in [0.15, 0.2) is 0 Å². The largest absolute Gasteiger partial charge is 0.372 e. The maximum atomic E-state index is 13.0. The molecule has 3 aliphatic rings. The van der Waals surface area contributed by atoms with Crippen molar-refractivity contribution in [3.8, 4) is 0 Å². The molecule has 1 aromatic rings. The molecule has 0 radical (unpaired) electrons. The van der Waals surface area contributed by atoms with Crippen molar-refractivity contribution in [1.82, 2.24) is 4.90 Å². The van der Waals surface area contributed by atoms with Crippen molar-refractivity contribution in [2.24, 2.45) is 17.8 Å². The van der Waals surface area contributed by atoms with Crippen molar-refractivity contribution in [1.29, 1.82) is 0 Å². The van der Waals surface area contributed by atoms with Gasteiger partial charge in [-0.2, -0.15) is 0 Å². The van der Waals surface area contributed by atoms with Gasteiger partial charge in [-0.3, -0.25) is 4.79 Å². The predicted molar refractivity (Wildman–Crippen MR) is 107 cm³/mol. The summed E-state index contributed by atoms with van der Waals surface area (Å²) < 4.78 is 0. The lowest BCUT2D eigenvalue weighted by Gasteiger charge is -2.49. The zero-order valence-corrected chi connectivity index (χ0v) is 15.6. The summed E-state index contributed by atoms with van der Waals surface area (Å²) in [4.78, 5) is 15.6. The Hall–Kier alpha value is -2.03. The molecule has 2 aliphatic carbocycles. The van der Waals surface area contributed by atoms with E-state index in [-0.39, 0.29) is 17.7 Å². The van der Waals surface area contributed by atoms with Gasteiger partial charge < -0.3 is 10.2 Å². The van der Waals surface area contributed by atoms with Crippen LogP contribution in [0.4, 0.5) is 5.69 Å². The molecule has 2 fully saturated rings. The fourth-order valence-electron chi connectivity index (χ4n) is 5.18. The number of fused-ring (bicyclic) bond motifs is 1. The monoisotopic (exact) mass is 350 g/mol. The van der Waals surface area contributed by atoms with E-state index in [4.69, 9.17) is 0 Å². The zero-order chi connectivity index (χ0) is 17.9. The number of para-hydroxylation sites is 1. The normalized spacial score (nSPS) is 29.3. The number of amides is 1. The van der Waals surface area contributed by atoms with E-state index in [0.717, 1.165) is 25.1 Å². The lowest BCUT2D eigenvalue weighted by atomic mass is 9.69. The molecule has 4 rings (SSSR count). The van der Waals surface area contributed by atoms with Crippen LogP contribution in [0.1, 0.15) is 44.9 Å². The highest BCUT2D eigenvalue weighted by atomic mass is 16.1. The van der Waals surface area contributed by atoms with Gasteiger partial charge in [0, 0.05) is 29.9 Å². The van der Waals surface area contributed by atoms with Gasteiger partial charge in [0.2, 0.25) is 5.91 Å². The van der Waals surface area contributed by atoms with Crippen LogP contribution < -0.4 is 5.32 Å². The Morgan fingerprint density at radius 1 is 1.08 bits per heavy atom. The van der Waals surface area contributed by atoms with Gasteiger partial charge in [-0.05, 0) is 43.7 Å². The second-order valence-corrected chi connectivity index (χ2v) is 8.08. The average Bonchev–Trinajstić information content (AvgIpc) is 2.69. The number of rotatable bonds is 3. The molecule has 3 atom stereocenters. The molecule has 1 heterocycles. The quantitative estimate of drug-likeness (QED) is 0.779. The molecule has 1 aromatic carbocycles. The smallest absolute Gasteiger partial charge is 0.228 e. The molecule has 3 nitrogen and oxygen atoms in total. The Bertz CT molecular complexity index is 675. The van der Waals surface area contributed by atoms with Crippen molar-refractivity contribution >= 4 is 11.6 Å². The summed E-state index contributed by atoms with van der Waals surface area (Å²) in [5, 5.41) is 3.13. The van der Waals surface area contributed by atoms with Crippen LogP contribution in [0, 0.1) is 17.8 Å². The number of nitrogens with one attached hydrogen (secondary N) is 1. The van der Waals surface area contributed by atoms with Gasteiger partial charge in [0.05, 0.1) is 5.92 Å². The summed E-state index contributed by atoms with van der Waals surface area (Å²) in [5.41, 5.74) is 2.10. The third-order valence-corrected chi connectivity index (χ3v) is 6.52. The number of hydrogen-bond donors (Lipinski definition) is 1. The molecule has 1 amide bonds. The third kappa shape index (κ3) is 3.44. The molecule has 2 unspecified atom stereocenters. The average molecular weight is 351 g/mol. The standard InChI is InChI=1S/C23H30N2O/c1-17-22-18(15-16-25(17)20-12-6-3-7-13-20)9-8-14-21(22)23(26)24-19-10-4-2-5-11-19/h2,4-5,8-11,18,20-22H,1,3,6-7,12-16H2,(H,24,26)/t18?,21-,22?/m0/s1. The number of carbonyl (C=O) groups excluding carboxylic acids is 1. The molecule has 0 aromatic heterocycles. The molecule has 26 heavy (non-hydrogen) atoms. The number of hydrogen-bond acceptors (Lipinski definition) is 2. The van der Waals surface area contributed by atoms with Gasteiger partial charge in [0.1, 0.15) is 0 Å². The van der Waals surface area contributed by atoms with E-state index in [1.165, 1.54) is 37.8 Å². The summed E-state index contributed by atoms with van der Waals surface area (Å²) >= 11 is 0. The predicted octanol–water partition coefficient (Wildman–Crippen LogP) is 4.99. The van der Waals surface area contributed by atoms with E-state index in [0.29, 0.717) is 12.0 Å². The second-order valence-electron chi connectivity index (χ2n) is 8.08. The van der Waals surface area contributed by atoms with E-state index >= 15 is 0 Å². The summed E-state index contributed by atoms with van der Waals surface area (Å²) in [5.74, 6) is 0.841. The van der Waals surface area contributed by atoms with Gasteiger partial charge in [-0.1, -0.05) is 56.2 Å². The Morgan fingerprint density at radius 2 is 1.85 bits per heavy atom. The topological polar surface area (TPSA) is 32.3 Å². The maximum absolute atomic E-state index is 13.0. The highest BCUT2D eigenvalue weighted by molar-refractivity contribution is 5.93. The number of anilines is 1. The summed E-state index contributed by atoms with van der Waals surface area (Å²) in [6.45, 7) is 5.61. The molecule has 1 saturated heterocycles. The summed E-state index contributed by atoms with van der Waals surface area (Å²) in [7, 11) is 0. The van der Waals surface area contributed by atoms with Crippen LogP contribution in [0.5, 0.6) is 0 Å². The highest BCUT2D eigenvalue weighted by Gasteiger charge is 2.42. The first-order valence-corrected chi connectivity index (χ1v) is 10.2. The Labute approximate surface area is 157 Å². The zero-order valence-electron chi connectivity index (χ0n) is 15.6. The maximum Gasteiger partial charge on any atom is 0.228 e. The molecular weight excluding hydrogens is 320 g/mol. The number of allylic oxidation sites excluding steroid dienone is 3. The lowest BCUT2D eigenvalue weighted by molar-refractivity contribution is -0.122. The minimum Gasteiger partial charge on any atom is -0.372 e. The van der Waals surface area contributed by atoms with Gasteiger partial charge >= 0.3 is 0 Å². The number of piperidine rings is 1. The van der Waals surface area contributed by atoms with E-state index in [1.54, 1.807) is 0 Å². The van der Waals surface area contributed by atoms with Crippen molar-refractivity contribution in [3.05, 3.63) is 54.8 Å². The minimum atomic E-state index is -0.0101. The van der Waals surface area contributed by atoms with E-state index in [2.05, 4.69) is 28.9 Å². The Kier molecular flexibility index (Phi) is 5.14. The first-order chi connectivity index (χ1) is 12.7. The molecule has 3 heteroatoms. The van der Waals surface area contributed by atoms with E-state index < -0.39 is 0 Å². The number of likely N-dealkylation sites (tertiary alicyclic amines) is 1. The molecule has 1 N–H and O–H groups in total. The summed E-state index contributed by atoms with van der Waals surface area (Å²) in [6, 6.07) is 10.4. The van der Waals surface area contributed by atoms with E-state index in [9.17, 15) is 4.79 Å². The molecule has 138 valence electrons. The second kappa shape index (κ2) is 7.69. The first kappa shape index (κ1) is 17.4. The SMILES string of the molecule is C=C1C2C(C=CC[C@@H]2C(=O)Nc2ccccc2)CCN1C1CCCCC1. The lowest BCUT2D eigenvalue weighted by Crippen LogP contribution is -2.48. The minimum absolute atomic E-state index is 0.0101. The van der Waals surface area contributed by atoms with Crippen molar-refractivity contribution in [3.63, 3.8) is 0 Å². The van der Waals surface area contributed by atoms with Crippen molar-refractivity contribution in [2.45, 2.75) is 51.0 Å². The summed E-state index contributed by atoms with van der Waals surface area (Å²) in [6.07, 6.45) is 13.1. The Balaban J connectivity index is 1.51. The molecule has 1 aliphatic heterocycles. The molecule has 0 bridgehead atoms. The van der Waals surface area contributed by atoms with Crippen LogP contribution >= 0.6 is 0 Å². The third-order valence-electron chi connectivity index (χ3n) is 6.52. The van der Waals surface area contributed by atoms with Crippen LogP contribution in [0.15, 0.2) is 54.8 Å². The number of nitrogens with zero attached hydrogens (tertiary/aromatic N) is 1. The van der Waals surface area contributed by atoms with Crippen LogP contribution in [0.2, 0.25) is 0 Å². The van der Waals surface area contributed by atoms with Crippen LogP contribution in [-0.4, -0.2) is 23.4 Å². The Morgan fingerprint density at radius 3 is 2.62 bits per heavy atom. The molecular formula is C23H30N2O. The van der Waals surface area contributed by atoms with Gasteiger partial charge in [-0.15, -0.1) is 0 Å². The highest BCUT2D eigenvalue weighted by Crippen LogP contribution is 2.44. The first-order valence-electron chi connectivity index (χ1n) is 10.2. The van der Waals surface area contributed by atoms with Crippen LogP contribution in [0.25, 0.3) is 0 Å². The van der Waals surface area contributed by atoms with Crippen LogP contribution in [0.3, 0.4) is 0 Å².